The molecule has 1 N–H and O–H groups in total. The van der Waals surface area contributed by atoms with Gasteiger partial charge in [0, 0.05) is 16.3 Å². The first-order chi connectivity index (χ1) is 12.5. The number of carbonyl (C=O) groups is 1. The molecule has 26 heavy (non-hydrogen) atoms. The number of rotatable bonds is 3. The topological polar surface area (TPSA) is 49.8 Å². The number of likely N-dealkylation sites (tertiary alicyclic amines) is 1. The van der Waals surface area contributed by atoms with Crippen molar-refractivity contribution in [2.45, 2.75) is 31.2 Å². The first-order valence-electron chi connectivity index (χ1n) is 8.50. The Hall–Kier alpha value is -0.690. The maximum absolute atomic E-state index is 11.7. The number of ether oxygens (including phenoxy) is 1. The summed E-state index contributed by atoms with van der Waals surface area (Å²) < 4.78 is 6.72. The molecule has 2 aliphatic rings. The van der Waals surface area contributed by atoms with E-state index in [1.54, 1.807) is 13.2 Å². The highest BCUT2D eigenvalue weighted by atomic mass is 35.5. The zero-order chi connectivity index (χ0) is 18.7. The number of halogens is 2. The molecule has 2 aliphatic heterocycles. The monoisotopic (exact) mass is 433 g/mol. The van der Waals surface area contributed by atoms with Gasteiger partial charge < -0.3 is 14.7 Å². The summed E-state index contributed by atoms with van der Waals surface area (Å²) in [5.41, 5.74) is 0.888. The first-order valence-corrected chi connectivity index (χ1v) is 11.2. The minimum absolute atomic E-state index is 0.104. The molecule has 0 unspecified atom stereocenters. The number of methoxy groups -OCH3 is 1. The van der Waals surface area contributed by atoms with Gasteiger partial charge in [-0.2, -0.15) is 0 Å². The predicted octanol–water partition coefficient (Wildman–Crippen LogP) is 5.94. The Labute approximate surface area is 172 Å². The molecule has 0 bridgehead atoms. The van der Waals surface area contributed by atoms with Crippen molar-refractivity contribution in [1.29, 1.82) is 0 Å². The molecule has 1 aromatic rings. The minimum atomic E-state index is -0.875. The molecule has 0 saturated carbocycles. The molecule has 1 amide bonds. The molecule has 2 atom stereocenters. The number of thioether (sulfide) groups is 2. The predicted molar refractivity (Wildman–Crippen MR) is 111 cm³/mol. The van der Waals surface area contributed by atoms with Gasteiger partial charge in [-0.05, 0) is 54.9 Å². The van der Waals surface area contributed by atoms with Gasteiger partial charge in [0.1, 0.15) is 5.75 Å². The van der Waals surface area contributed by atoms with E-state index >= 15 is 0 Å². The molecule has 2 heterocycles. The second kappa shape index (κ2) is 9.00. The normalized spacial score (nSPS) is 23.7. The third-order valence-corrected chi connectivity index (χ3v) is 8.07. The molecule has 2 saturated heterocycles. The third kappa shape index (κ3) is 4.41. The van der Waals surface area contributed by atoms with E-state index < -0.39 is 6.09 Å². The van der Waals surface area contributed by atoms with E-state index in [-0.39, 0.29) is 12.0 Å². The van der Waals surface area contributed by atoms with Gasteiger partial charge in [0.25, 0.3) is 0 Å². The highest BCUT2D eigenvalue weighted by Crippen LogP contribution is 2.44. The van der Waals surface area contributed by atoms with Crippen molar-refractivity contribution in [3.8, 4) is 5.75 Å². The number of benzene rings is 1. The molecule has 0 radical (unpaired) electrons. The number of piperidine rings is 1. The fourth-order valence-electron chi connectivity index (χ4n) is 3.46. The number of amides is 1. The number of nitrogens with zero attached hydrogens (tertiary/aromatic N) is 1. The van der Waals surface area contributed by atoms with E-state index in [1.165, 1.54) is 15.6 Å². The summed E-state index contributed by atoms with van der Waals surface area (Å²) in [5.74, 6) is 3.00. The average Bonchev–Trinajstić information content (AvgIpc) is 2.64. The number of hydrogen-bond donors (Lipinski definition) is 1. The molecule has 1 aromatic carbocycles. The molecule has 2 fully saturated rings. The van der Waals surface area contributed by atoms with E-state index in [2.05, 4.69) is 6.08 Å². The van der Waals surface area contributed by atoms with Gasteiger partial charge in [-0.25, -0.2) is 4.79 Å². The molecule has 0 spiro atoms. The second-order valence-corrected chi connectivity index (χ2v) is 9.60. The van der Waals surface area contributed by atoms with Gasteiger partial charge in [0.05, 0.1) is 23.2 Å². The molecule has 142 valence electrons. The van der Waals surface area contributed by atoms with Crippen LogP contribution in [0.15, 0.2) is 22.4 Å². The Balaban J connectivity index is 1.90. The van der Waals surface area contributed by atoms with Crippen LogP contribution in [-0.2, 0) is 0 Å². The van der Waals surface area contributed by atoms with Gasteiger partial charge in [0.2, 0.25) is 0 Å². The van der Waals surface area contributed by atoms with Gasteiger partial charge in [-0.15, -0.1) is 23.5 Å². The van der Waals surface area contributed by atoms with Gasteiger partial charge >= 0.3 is 6.09 Å². The van der Waals surface area contributed by atoms with Crippen LogP contribution < -0.4 is 4.74 Å². The smallest absolute Gasteiger partial charge is 0.407 e. The lowest BCUT2D eigenvalue weighted by molar-refractivity contribution is 0.114. The summed E-state index contributed by atoms with van der Waals surface area (Å²) in [6, 6.07) is 3.39. The van der Waals surface area contributed by atoms with Crippen LogP contribution in [0.3, 0.4) is 0 Å². The highest BCUT2D eigenvalue weighted by molar-refractivity contribution is 8.22. The zero-order valence-corrected chi connectivity index (χ0v) is 17.6. The van der Waals surface area contributed by atoms with Crippen LogP contribution >= 0.6 is 46.7 Å². The van der Waals surface area contributed by atoms with Crippen molar-refractivity contribution in [1.82, 2.24) is 4.90 Å². The van der Waals surface area contributed by atoms with E-state index in [0.29, 0.717) is 35.2 Å². The Morgan fingerprint density at radius 2 is 2.08 bits per heavy atom. The summed E-state index contributed by atoms with van der Waals surface area (Å²) in [6.07, 6.45) is 3.80. The van der Waals surface area contributed by atoms with Crippen LogP contribution in [0.5, 0.6) is 5.75 Å². The van der Waals surface area contributed by atoms with E-state index in [0.717, 1.165) is 17.1 Å². The molecular formula is C18H21Cl2NO3S2. The first kappa shape index (κ1) is 20.1. The van der Waals surface area contributed by atoms with Gasteiger partial charge in [-0.3, -0.25) is 0 Å². The van der Waals surface area contributed by atoms with Crippen LogP contribution in [-0.4, -0.2) is 47.3 Å². The molecule has 4 nitrogen and oxygen atoms in total. The Morgan fingerprint density at radius 1 is 1.35 bits per heavy atom. The van der Waals surface area contributed by atoms with Crippen LogP contribution in [0.2, 0.25) is 10.0 Å². The van der Waals surface area contributed by atoms with E-state index in [9.17, 15) is 9.90 Å². The molecule has 0 aromatic heterocycles. The second-order valence-electron chi connectivity index (χ2n) is 6.28. The van der Waals surface area contributed by atoms with Gasteiger partial charge in [-0.1, -0.05) is 23.2 Å². The zero-order valence-electron chi connectivity index (χ0n) is 14.4. The highest BCUT2D eigenvalue weighted by Gasteiger charge is 2.34. The fraction of sp³-hybridized carbons (Fsp3) is 0.500. The van der Waals surface area contributed by atoms with Crippen molar-refractivity contribution in [3.05, 3.63) is 38.1 Å². The SMILES string of the molecule is COc1ccc(Cl)c(Cl)c1[C@@H]1CCN(C(=O)O)[C@H](C=C2SCCCS2)C1. The number of hydrogen-bond acceptors (Lipinski definition) is 4. The minimum Gasteiger partial charge on any atom is -0.496 e. The summed E-state index contributed by atoms with van der Waals surface area (Å²) in [6.45, 7) is 0.468. The summed E-state index contributed by atoms with van der Waals surface area (Å²) in [4.78, 5) is 13.2. The van der Waals surface area contributed by atoms with Crippen LogP contribution in [0, 0.1) is 0 Å². The maximum atomic E-state index is 11.7. The van der Waals surface area contributed by atoms with Crippen molar-refractivity contribution >= 4 is 52.8 Å². The summed E-state index contributed by atoms with van der Waals surface area (Å²) in [7, 11) is 1.62. The standard InChI is InChI=1S/C18H21Cl2NO3S2/c1-24-14-4-3-13(19)17(20)16(14)11-5-6-21(18(22)23)12(9-11)10-15-25-7-2-8-26-15/h3-4,10-12H,2,5-9H2,1H3,(H,22,23)/t11-,12+/m1/s1. The van der Waals surface area contributed by atoms with Crippen molar-refractivity contribution in [2.24, 2.45) is 0 Å². The van der Waals surface area contributed by atoms with Crippen LogP contribution in [0.25, 0.3) is 0 Å². The molecule has 0 aliphatic carbocycles. The lowest BCUT2D eigenvalue weighted by atomic mass is 9.85. The van der Waals surface area contributed by atoms with Crippen molar-refractivity contribution < 1.29 is 14.6 Å². The van der Waals surface area contributed by atoms with E-state index in [1.807, 2.05) is 29.6 Å². The molecule has 3 rings (SSSR count). The lowest BCUT2D eigenvalue weighted by Crippen LogP contribution is -2.44. The van der Waals surface area contributed by atoms with Gasteiger partial charge in [0.15, 0.2) is 0 Å². The Bertz CT molecular complexity index is 706. The third-order valence-electron chi connectivity index (χ3n) is 4.72. The quantitative estimate of drug-likeness (QED) is 0.638. The maximum Gasteiger partial charge on any atom is 0.407 e. The Morgan fingerprint density at radius 3 is 2.73 bits per heavy atom. The van der Waals surface area contributed by atoms with Crippen LogP contribution in [0.4, 0.5) is 4.79 Å². The average molecular weight is 434 g/mol. The Kier molecular flexibility index (Phi) is 6.94. The van der Waals surface area contributed by atoms with Crippen molar-refractivity contribution in [2.75, 3.05) is 25.2 Å². The summed E-state index contributed by atoms with van der Waals surface area (Å²) in [5, 5.41) is 10.6. The molecular weight excluding hydrogens is 413 g/mol. The fourth-order valence-corrected chi connectivity index (χ4v) is 6.44. The molecule has 8 heteroatoms. The number of carboxylic acid groups (broad SMARTS) is 1. The van der Waals surface area contributed by atoms with Crippen LogP contribution in [0.1, 0.15) is 30.7 Å². The lowest BCUT2D eigenvalue weighted by Gasteiger charge is -2.37. The summed E-state index contributed by atoms with van der Waals surface area (Å²) >= 11 is 16.3. The van der Waals surface area contributed by atoms with Crippen molar-refractivity contribution in [3.63, 3.8) is 0 Å². The largest absolute Gasteiger partial charge is 0.496 e. The van der Waals surface area contributed by atoms with E-state index in [4.69, 9.17) is 27.9 Å².